The van der Waals surface area contributed by atoms with Gasteiger partial charge in [-0.15, -0.1) is 0 Å². The second-order valence-corrected chi connectivity index (χ2v) is 5.15. The van der Waals surface area contributed by atoms with Gasteiger partial charge in [-0.3, -0.25) is 9.69 Å². The minimum absolute atomic E-state index is 0.0115. The van der Waals surface area contributed by atoms with Crippen LogP contribution in [0.2, 0.25) is 5.02 Å². The van der Waals surface area contributed by atoms with Crippen LogP contribution in [0.4, 0.5) is 0 Å². The summed E-state index contributed by atoms with van der Waals surface area (Å²) in [4.78, 5) is 12.8. The lowest BCUT2D eigenvalue weighted by atomic mass is 10.1. The third kappa shape index (κ3) is 3.94. The second-order valence-electron chi connectivity index (χ2n) is 4.74. The number of nitrogens with zero attached hydrogens (tertiary/aromatic N) is 2. The monoisotopic (exact) mass is 294 g/mol. The molecule has 106 valence electrons. The predicted molar refractivity (Wildman–Crippen MR) is 73.4 cm³/mol. The number of morpholine rings is 1. The van der Waals surface area contributed by atoms with Crippen molar-refractivity contribution >= 4 is 17.6 Å². The zero-order chi connectivity index (χ0) is 14.5. The molecule has 6 heteroatoms. The number of nitriles is 1. The molecule has 1 aromatic carbocycles. The molecule has 1 N–H and O–H groups in total. The van der Waals surface area contributed by atoms with Gasteiger partial charge in [0.1, 0.15) is 0 Å². The van der Waals surface area contributed by atoms with Gasteiger partial charge in [0.25, 0.3) is 0 Å². The van der Waals surface area contributed by atoms with Gasteiger partial charge in [-0.1, -0.05) is 17.7 Å². The van der Waals surface area contributed by atoms with Crippen LogP contribution in [0.15, 0.2) is 18.2 Å². The van der Waals surface area contributed by atoms with E-state index in [1.54, 1.807) is 12.1 Å². The third-order valence-electron chi connectivity index (χ3n) is 3.20. The predicted octanol–water partition coefficient (Wildman–Crippen LogP) is 1.89. The third-order valence-corrected chi connectivity index (χ3v) is 3.55. The average Bonchev–Trinajstić information content (AvgIpc) is 2.41. The molecule has 1 atom stereocenters. The highest BCUT2D eigenvalue weighted by molar-refractivity contribution is 6.31. The van der Waals surface area contributed by atoms with Crippen LogP contribution in [0.25, 0.3) is 0 Å². The van der Waals surface area contributed by atoms with Crippen molar-refractivity contribution in [3.05, 3.63) is 34.3 Å². The van der Waals surface area contributed by atoms with Crippen molar-refractivity contribution in [1.29, 1.82) is 5.26 Å². The van der Waals surface area contributed by atoms with Gasteiger partial charge in [-0.25, -0.2) is 0 Å². The Morgan fingerprint density at radius 1 is 1.60 bits per heavy atom. The number of hydrogen-bond acceptors (Lipinski definition) is 4. The van der Waals surface area contributed by atoms with Gasteiger partial charge in [0.2, 0.25) is 0 Å². The highest BCUT2D eigenvalue weighted by atomic mass is 35.5. The van der Waals surface area contributed by atoms with Crippen LogP contribution in [-0.2, 0) is 16.1 Å². The van der Waals surface area contributed by atoms with Gasteiger partial charge in [-0.05, 0) is 17.7 Å². The highest BCUT2D eigenvalue weighted by Crippen LogP contribution is 2.21. The Kier molecular flexibility index (Phi) is 4.96. The summed E-state index contributed by atoms with van der Waals surface area (Å²) in [5.74, 6) is -0.853. The molecule has 0 spiro atoms. The van der Waals surface area contributed by atoms with Gasteiger partial charge in [0, 0.05) is 24.7 Å². The molecule has 1 unspecified atom stereocenters. The molecule has 0 radical (unpaired) electrons. The first-order valence-corrected chi connectivity index (χ1v) is 6.70. The standard InChI is InChI=1S/C14H15ClN2O3/c15-13-5-10(7-16)1-2-11(13)8-17-3-4-20-12(9-17)6-14(18)19/h1-2,5,12H,3-4,6,8-9H2,(H,18,19). The summed E-state index contributed by atoms with van der Waals surface area (Å²) in [7, 11) is 0. The van der Waals surface area contributed by atoms with Crippen molar-refractivity contribution in [3.63, 3.8) is 0 Å². The summed E-state index contributed by atoms with van der Waals surface area (Å²) in [6, 6.07) is 7.26. The van der Waals surface area contributed by atoms with Crippen molar-refractivity contribution in [2.45, 2.75) is 19.1 Å². The molecular weight excluding hydrogens is 280 g/mol. The van der Waals surface area contributed by atoms with E-state index in [0.29, 0.717) is 30.3 Å². The molecule has 0 amide bonds. The summed E-state index contributed by atoms with van der Waals surface area (Å²) in [5, 5.41) is 18.2. The van der Waals surface area contributed by atoms with E-state index in [1.165, 1.54) is 0 Å². The molecule has 0 aliphatic carbocycles. The zero-order valence-electron chi connectivity index (χ0n) is 10.9. The Labute approximate surface area is 122 Å². The Hall–Kier alpha value is -1.61. The summed E-state index contributed by atoms with van der Waals surface area (Å²) in [6.07, 6.45) is -0.268. The van der Waals surface area contributed by atoms with E-state index in [9.17, 15) is 4.79 Å². The van der Waals surface area contributed by atoms with Crippen molar-refractivity contribution in [1.82, 2.24) is 4.90 Å². The van der Waals surface area contributed by atoms with E-state index in [4.69, 9.17) is 26.7 Å². The second kappa shape index (κ2) is 6.71. The Morgan fingerprint density at radius 2 is 2.40 bits per heavy atom. The largest absolute Gasteiger partial charge is 0.481 e. The van der Waals surface area contributed by atoms with E-state index in [0.717, 1.165) is 12.1 Å². The lowest BCUT2D eigenvalue weighted by Crippen LogP contribution is -2.42. The van der Waals surface area contributed by atoms with Crippen LogP contribution in [0.3, 0.4) is 0 Å². The van der Waals surface area contributed by atoms with Gasteiger partial charge in [0.05, 0.1) is 30.8 Å². The number of benzene rings is 1. The Morgan fingerprint density at radius 3 is 3.05 bits per heavy atom. The smallest absolute Gasteiger partial charge is 0.306 e. The van der Waals surface area contributed by atoms with Gasteiger partial charge in [-0.2, -0.15) is 5.26 Å². The molecule has 2 rings (SSSR count). The maximum absolute atomic E-state index is 10.7. The topological polar surface area (TPSA) is 73.6 Å². The first-order chi connectivity index (χ1) is 9.58. The quantitative estimate of drug-likeness (QED) is 0.918. The lowest BCUT2D eigenvalue weighted by molar-refractivity contribution is -0.142. The van der Waals surface area contributed by atoms with Crippen LogP contribution in [0.5, 0.6) is 0 Å². The molecule has 0 aromatic heterocycles. The maximum Gasteiger partial charge on any atom is 0.306 e. The minimum atomic E-state index is -0.853. The highest BCUT2D eigenvalue weighted by Gasteiger charge is 2.23. The molecule has 20 heavy (non-hydrogen) atoms. The fourth-order valence-corrected chi connectivity index (χ4v) is 2.47. The molecule has 0 saturated carbocycles. The molecule has 1 aliphatic heterocycles. The van der Waals surface area contributed by atoms with E-state index in [2.05, 4.69) is 4.90 Å². The number of halogens is 1. The van der Waals surface area contributed by atoms with Crippen molar-refractivity contribution in [3.8, 4) is 6.07 Å². The summed E-state index contributed by atoms with van der Waals surface area (Å²) in [6.45, 7) is 2.46. The molecule has 1 heterocycles. The lowest BCUT2D eigenvalue weighted by Gasteiger charge is -2.32. The van der Waals surface area contributed by atoms with E-state index in [1.807, 2.05) is 12.1 Å². The molecule has 1 saturated heterocycles. The molecule has 1 aliphatic rings. The Balaban J connectivity index is 1.99. The normalized spacial score (nSPS) is 19.5. The Bertz CT molecular complexity index is 542. The van der Waals surface area contributed by atoms with Crippen LogP contribution >= 0.6 is 11.6 Å². The first-order valence-electron chi connectivity index (χ1n) is 6.33. The number of rotatable bonds is 4. The zero-order valence-corrected chi connectivity index (χ0v) is 11.6. The molecule has 1 aromatic rings. The van der Waals surface area contributed by atoms with Crippen molar-refractivity contribution in [2.24, 2.45) is 0 Å². The molecular formula is C14H15ClN2O3. The van der Waals surface area contributed by atoms with Gasteiger partial charge < -0.3 is 9.84 Å². The van der Waals surface area contributed by atoms with Gasteiger partial charge in [0.15, 0.2) is 0 Å². The minimum Gasteiger partial charge on any atom is -0.481 e. The van der Waals surface area contributed by atoms with Crippen LogP contribution in [-0.4, -0.2) is 41.8 Å². The van der Waals surface area contributed by atoms with Gasteiger partial charge >= 0.3 is 5.97 Å². The average molecular weight is 295 g/mol. The summed E-state index contributed by atoms with van der Waals surface area (Å²) >= 11 is 6.14. The fourth-order valence-electron chi connectivity index (χ4n) is 2.23. The summed E-state index contributed by atoms with van der Waals surface area (Å²) < 4.78 is 5.42. The number of hydrogen-bond donors (Lipinski definition) is 1. The van der Waals surface area contributed by atoms with E-state index < -0.39 is 5.97 Å². The SMILES string of the molecule is N#Cc1ccc(CN2CCOC(CC(=O)O)C2)c(Cl)c1. The first kappa shape index (κ1) is 14.8. The summed E-state index contributed by atoms with van der Waals surface area (Å²) in [5.41, 5.74) is 1.46. The molecule has 1 fully saturated rings. The van der Waals surface area contributed by atoms with E-state index >= 15 is 0 Å². The molecule has 0 bridgehead atoms. The molecule has 5 nitrogen and oxygen atoms in total. The number of carboxylic acid groups (broad SMARTS) is 1. The number of ether oxygens (including phenoxy) is 1. The van der Waals surface area contributed by atoms with Crippen molar-refractivity contribution in [2.75, 3.05) is 19.7 Å². The van der Waals surface area contributed by atoms with Crippen LogP contribution < -0.4 is 0 Å². The number of aliphatic carboxylic acids is 1. The number of carboxylic acids is 1. The van der Waals surface area contributed by atoms with Crippen molar-refractivity contribution < 1.29 is 14.6 Å². The van der Waals surface area contributed by atoms with Crippen LogP contribution in [0, 0.1) is 11.3 Å². The van der Waals surface area contributed by atoms with Crippen LogP contribution in [0.1, 0.15) is 17.5 Å². The fraction of sp³-hybridized carbons (Fsp3) is 0.429. The van der Waals surface area contributed by atoms with E-state index in [-0.39, 0.29) is 12.5 Å². The maximum atomic E-state index is 10.7. The number of carbonyl (C=O) groups is 1.